The first-order chi connectivity index (χ1) is 18.6. The highest BCUT2D eigenvalue weighted by atomic mass is 19.1. The Morgan fingerprint density at radius 2 is 1.92 bits per heavy atom. The summed E-state index contributed by atoms with van der Waals surface area (Å²) in [7, 11) is 1.75. The van der Waals surface area contributed by atoms with Crippen molar-refractivity contribution in [3.05, 3.63) is 77.5 Å². The molecular formula is C29H34F2N4O4. The molecule has 0 saturated carbocycles. The van der Waals surface area contributed by atoms with Gasteiger partial charge in [-0.1, -0.05) is 35.5 Å². The minimum atomic E-state index is -0.832. The second-order valence-electron chi connectivity index (χ2n) is 10.1. The lowest BCUT2D eigenvalue weighted by molar-refractivity contribution is -0.137. The Balaban J connectivity index is 1.48. The van der Waals surface area contributed by atoms with E-state index in [2.05, 4.69) is 15.4 Å². The molecule has 4 rings (SSSR count). The quantitative estimate of drug-likeness (QED) is 0.431. The predicted octanol–water partition coefficient (Wildman–Crippen LogP) is 3.51. The molecule has 0 radical (unpaired) electrons. The van der Waals surface area contributed by atoms with E-state index in [4.69, 9.17) is 4.52 Å². The number of nitrogens with one attached hydrogen (secondary N) is 1. The number of nitrogens with zero attached hydrogens (tertiary/aromatic N) is 3. The van der Waals surface area contributed by atoms with E-state index >= 15 is 0 Å². The minimum Gasteiger partial charge on any atom is -0.392 e. The van der Waals surface area contributed by atoms with Crippen LogP contribution in [0.3, 0.4) is 0 Å². The lowest BCUT2D eigenvalue weighted by atomic mass is 9.89. The maximum Gasteiger partial charge on any atom is 0.273 e. The lowest BCUT2D eigenvalue weighted by Gasteiger charge is -2.42. The number of halogens is 2. The number of likely N-dealkylation sites (N-methyl/N-ethyl adjacent to an activating group) is 1. The molecular weight excluding hydrogens is 506 g/mol. The van der Waals surface area contributed by atoms with Crippen molar-refractivity contribution in [3.8, 4) is 11.3 Å². The van der Waals surface area contributed by atoms with Gasteiger partial charge in [-0.05, 0) is 44.4 Å². The SMILES string of the molecule is C[C@@H](O)[C@H](C)N1CC[C@H](NC(=O)c2cc(-c3ccc(F)cc3F)on2)[C@@H](C(=O)N(C)CCc2ccccc2)C1. The molecule has 4 atom stereocenters. The van der Waals surface area contributed by atoms with Crippen molar-refractivity contribution >= 4 is 11.8 Å². The molecule has 0 bridgehead atoms. The van der Waals surface area contributed by atoms with Gasteiger partial charge in [-0.3, -0.25) is 14.5 Å². The van der Waals surface area contributed by atoms with Gasteiger partial charge in [-0.15, -0.1) is 0 Å². The molecule has 39 heavy (non-hydrogen) atoms. The Hall–Kier alpha value is -3.63. The van der Waals surface area contributed by atoms with Crippen LogP contribution < -0.4 is 5.32 Å². The fourth-order valence-electron chi connectivity index (χ4n) is 4.85. The monoisotopic (exact) mass is 540 g/mol. The van der Waals surface area contributed by atoms with E-state index in [1.165, 1.54) is 12.1 Å². The fraction of sp³-hybridized carbons (Fsp3) is 0.414. The van der Waals surface area contributed by atoms with Crippen LogP contribution in [0, 0.1) is 17.6 Å². The molecule has 0 aliphatic carbocycles. The van der Waals surface area contributed by atoms with E-state index in [-0.39, 0.29) is 29.0 Å². The molecule has 10 heteroatoms. The molecule has 2 N–H and O–H groups in total. The number of aliphatic hydroxyl groups is 1. The summed E-state index contributed by atoms with van der Waals surface area (Å²) in [5.74, 6) is -2.78. The average molecular weight is 541 g/mol. The summed E-state index contributed by atoms with van der Waals surface area (Å²) in [5.41, 5.74) is 1.03. The number of piperidine rings is 1. The Morgan fingerprint density at radius 3 is 2.62 bits per heavy atom. The minimum absolute atomic E-state index is 0.00787. The zero-order valence-corrected chi connectivity index (χ0v) is 22.3. The largest absolute Gasteiger partial charge is 0.392 e. The standard InChI is InChI=1S/C29H34F2N4O4/c1-18(19(2)36)35-14-12-25(23(17-35)29(38)34(3)13-11-20-7-5-4-6-8-20)32-28(37)26-16-27(39-33-26)22-10-9-21(30)15-24(22)31/h4-10,15-16,18-19,23,25,36H,11-14,17H2,1-3H3,(H,32,37)/t18-,19+,23-,25-/m0/s1. The smallest absolute Gasteiger partial charge is 0.273 e. The van der Waals surface area contributed by atoms with E-state index in [0.717, 1.165) is 17.7 Å². The van der Waals surface area contributed by atoms with E-state index in [1.807, 2.05) is 37.3 Å². The number of rotatable bonds is 9. The number of benzene rings is 2. The van der Waals surface area contributed by atoms with Gasteiger partial charge in [0.1, 0.15) is 11.6 Å². The van der Waals surface area contributed by atoms with Crippen LogP contribution in [0.25, 0.3) is 11.3 Å². The van der Waals surface area contributed by atoms with Gasteiger partial charge in [0.05, 0.1) is 17.6 Å². The molecule has 1 saturated heterocycles. The van der Waals surface area contributed by atoms with Crippen molar-refractivity contribution in [2.75, 3.05) is 26.7 Å². The second-order valence-corrected chi connectivity index (χ2v) is 10.1. The number of amides is 2. The van der Waals surface area contributed by atoms with Crippen LogP contribution in [0.15, 0.2) is 59.1 Å². The molecule has 208 valence electrons. The second kappa shape index (κ2) is 12.5. The van der Waals surface area contributed by atoms with Gasteiger partial charge in [0, 0.05) is 50.9 Å². The molecule has 2 heterocycles. The van der Waals surface area contributed by atoms with Gasteiger partial charge in [-0.2, -0.15) is 0 Å². The number of hydrogen-bond donors (Lipinski definition) is 2. The van der Waals surface area contributed by atoms with Crippen LogP contribution in [-0.4, -0.2) is 76.7 Å². The Labute approximate surface area is 226 Å². The highest BCUT2D eigenvalue weighted by Gasteiger charge is 2.39. The van der Waals surface area contributed by atoms with Gasteiger partial charge >= 0.3 is 0 Å². The third kappa shape index (κ3) is 6.88. The normalized spacial score (nSPS) is 19.3. The van der Waals surface area contributed by atoms with Crippen LogP contribution in [0.4, 0.5) is 8.78 Å². The Kier molecular flexibility index (Phi) is 9.08. The predicted molar refractivity (Wildman–Crippen MR) is 142 cm³/mol. The lowest BCUT2D eigenvalue weighted by Crippen LogP contribution is -2.58. The van der Waals surface area contributed by atoms with Crippen molar-refractivity contribution < 1.29 is 28.0 Å². The number of carbonyl (C=O) groups excluding carboxylic acids is 2. The Bertz CT molecular complexity index is 1280. The third-order valence-electron chi connectivity index (χ3n) is 7.45. The van der Waals surface area contributed by atoms with Crippen LogP contribution in [-0.2, 0) is 11.2 Å². The summed E-state index contributed by atoms with van der Waals surface area (Å²) < 4.78 is 32.6. The molecule has 1 aliphatic heterocycles. The topological polar surface area (TPSA) is 98.9 Å². The van der Waals surface area contributed by atoms with Crippen LogP contribution in [0.5, 0.6) is 0 Å². The number of aliphatic hydroxyl groups excluding tert-OH is 1. The summed E-state index contributed by atoms with van der Waals surface area (Å²) in [5, 5.41) is 16.8. The van der Waals surface area contributed by atoms with Gasteiger partial charge in [0.25, 0.3) is 5.91 Å². The van der Waals surface area contributed by atoms with Crippen molar-refractivity contribution in [1.29, 1.82) is 0 Å². The highest BCUT2D eigenvalue weighted by Crippen LogP contribution is 2.26. The van der Waals surface area contributed by atoms with Crippen molar-refractivity contribution in [1.82, 2.24) is 20.3 Å². The zero-order chi connectivity index (χ0) is 28.1. The molecule has 3 aromatic rings. The van der Waals surface area contributed by atoms with Crippen molar-refractivity contribution in [3.63, 3.8) is 0 Å². The van der Waals surface area contributed by atoms with Gasteiger partial charge < -0.3 is 19.8 Å². The summed E-state index contributed by atoms with van der Waals surface area (Å²) >= 11 is 0. The van der Waals surface area contributed by atoms with Gasteiger partial charge in [0.2, 0.25) is 5.91 Å². The maximum absolute atomic E-state index is 14.2. The van der Waals surface area contributed by atoms with Gasteiger partial charge in [-0.25, -0.2) is 8.78 Å². The molecule has 1 aromatic heterocycles. The molecule has 2 amide bonds. The number of hydrogen-bond acceptors (Lipinski definition) is 6. The third-order valence-corrected chi connectivity index (χ3v) is 7.45. The summed E-state index contributed by atoms with van der Waals surface area (Å²) in [4.78, 5) is 30.5. The van der Waals surface area contributed by atoms with E-state index < -0.39 is 35.6 Å². The highest BCUT2D eigenvalue weighted by molar-refractivity contribution is 5.94. The number of aromatic nitrogens is 1. The van der Waals surface area contributed by atoms with Crippen LogP contribution in [0.2, 0.25) is 0 Å². The van der Waals surface area contributed by atoms with E-state index in [1.54, 1.807) is 18.9 Å². The molecule has 0 spiro atoms. The number of likely N-dealkylation sites (tertiary alicyclic amines) is 1. The first-order valence-electron chi connectivity index (χ1n) is 13.1. The van der Waals surface area contributed by atoms with Gasteiger partial charge in [0.15, 0.2) is 11.5 Å². The summed E-state index contributed by atoms with van der Waals surface area (Å²) in [6, 6.07) is 13.6. The molecule has 0 unspecified atom stereocenters. The number of carbonyl (C=O) groups is 2. The first kappa shape index (κ1) is 28.4. The van der Waals surface area contributed by atoms with Crippen molar-refractivity contribution in [2.45, 2.75) is 44.9 Å². The molecule has 2 aromatic carbocycles. The molecule has 1 aliphatic rings. The first-order valence-corrected chi connectivity index (χ1v) is 13.1. The van der Waals surface area contributed by atoms with E-state index in [9.17, 15) is 23.5 Å². The van der Waals surface area contributed by atoms with Crippen LogP contribution >= 0.6 is 0 Å². The van der Waals surface area contributed by atoms with E-state index in [0.29, 0.717) is 32.5 Å². The van der Waals surface area contributed by atoms with Crippen molar-refractivity contribution in [2.24, 2.45) is 5.92 Å². The average Bonchev–Trinajstić information content (AvgIpc) is 3.42. The zero-order valence-electron chi connectivity index (χ0n) is 22.3. The fourth-order valence-corrected chi connectivity index (χ4v) is 4.85. The summed E-state index contributed by atoms with van der Waals surface area (Å²) in [6.45, 7) is 5.10. The summed E-state index contributed by atoms with van der Waals surface area (Å²) in [6.07, 6.45) is 0.605. The van der Waals surface area contributed by atoms with Crippen LogP contribution in [0.1, 0.15) is 36.3 Å². The molecule has 8 nitrogen and oxygen atoms in total. The maximum atomic E-state index is 14.2. The molecule has 1 fully saturated rings. The Morgan fingerprint density at radius 1 is 1.18 bits per heavy atom.